The molecular formula is C20H18FN5O. The fourth-order valence-corrected chi connectivity index (χ4v) is 3.68. The molecular weight excluding hydrogens is 345 g/mol. The molecule has 0 bridgehead atoms. The van der Waals surface area contributed by atoms with Crippen molar-refractivity contribution in [2.45, 2.75) is 18.8 Å². The minimum Gasteiger partial charge on any atom is -0.494 e. The lowest BCUT2D eigenvalue weighted by Gasteiger charge is -2.06. The van der Waals surface area contributed by atoms with Gasteiger partial charge in [0, 0.05) is 11.3 Å². The summed E-state index contributed by atoms with van der Waals surface area (Å²) in [5.41, 5.74) is 8.62. The lowest BCUT2D eigenvalue weighted by atomic mass is 10.1. The van der Waals surface area contributed by atoms with Gasteiger partial charge in [-0.3, -0.25) is 0 Å². The standard InChI is InChI=1S/C20H18FN5O/c1-27-16-4-2-3-14-17(16)23-20(22)26-19(14)24-18(25-26)15-10-12(15)9-11-5-7-13(21)8-6-11/h2-8,12,15H,9-10H2,1H3,(H2,22,23). The van der Waals surface area contributed by atoms with E-state index < -0.39 is 0 Å². The molecule has 2 aromatic heterocycles. The number of para-hydroxylation sites is 1. The third kappa shape index (κ3) is 2.66. The number of benzene rings is 2. The Bertz CT molecular complexity index is 1150. The summed E-state index contributed by atoms with van der Waals surface area (Å²) in [5, 5.41) is 5.46. The first-order valence-electron chi connectivity index (χ1n) is 8.87. The van der Waals surface area contributed by atoms with Crippen molar-refractivity contribution in [3.05, 3.63) is 59.7 Å². The van der Waals surface area contributed by atoms with Crippen molar-refractivity contribution in [1.29, 1.82) is 0 Å². The summed E-state index contributed by atoms with van der Waals surface area (Å²) in [6.07, 6.45) is 1.91. The smallest absolute Gasteiger partial charge is 0.223 e. The first-order chi connectivity index (χ1) is 13.1. The van der Waals surface area contributed by atoms with Gasteiger partial charge in [-0.25, -0.2) is 14.4 Å². The lowest BCUT2D eigenvalue weighted by molar-refractivity contribution is 0.419. The van der Waals surface area contributed by atoms with Gasteiger partial charge >= 0.3 is 0 Å². The summed E-state index contributed by atoms with van der Waals surface area (Å²) < 4.78 is 20.1. The summed E-state index contributed by atoms with van der Waals surface area (Å²) in [4.78, 5) is 9.20. The first kappa shape index (κ1) is 16.0. The highest BCUT2D eigenvalue weighted by Crippen LogP contribution is 2.48. The van der Waals surface area contributed by atoms with Gasteiger partial charge in [-0.05, 0) is 48.6 Å². The maximum atomic E-state index is 13.1. The van der Waals surface area contributed by atoms with Crippen LogP contribution in [0.5, 0.6) is 5.75 Å². The summed E-state index contributed by atoms with van der Waals surface area (Å²) in [7, 11) is 1.61. The number of nitrogens with zero attached hydrogens (tertiary/aromatic N) is 4. The van der Waals surface area contributed by atoms with E-state index in [4.69, 9.17) is 15.5 Å². The van der Waals surface area contributed by atoms with E-state index >= 15 is 0 Å². The molecule has 6 nitrogen and oxygen atoms in total. The molecule has 0 radical (unpaired) electrons. The van der Waals surface area contributed by atoms with Crippen molar-refractivity contribution in [3.63, 3.8) is 0 Å². The molecule has 2 N–H and O–H groups in total. The summed E-state index contributed by atoms with van der Waals surface area (Å²) in [6, 6.07) is 12.4. The number of hydrogen-bond donors (Lipinski definition) is 1. The van der Waals surface area contributed by atoms with Crippen LogP contribution in [0.1, 0.15) is 23.7 Å². The van der Waals surface area contributed by atoms with Crippen molar-refractivity contribution < 1.29 is 9.13 Å². The van der Waals surface area contributed by atoms with Crippen molar-refractivity contribution in [3.8, 4) is 5.75 Å². The molecule has 2 unspecified atom stereocenters. The number of ether oxygens (including phenoxy) is 1. The van der Waals surface area contributed by atoms with Crippen LogP contribution in [-0.2, 0) is 6.42 Å². The Morgan fingerprint density at radius 1 is 1.19 bits per heavy atom. The number of methoxy groups -OCH3 is 1. The van der Waals surface area contributed by atoms with Gasteiger partial charge in [0.05, 0.1) is 7.11 Å². The normalized spacial score (nSPS) is 18.9. The quantitative estimate of drug-likeness (QED) is 0.602. The largest absolute Gasteiger partial charge is 0.494 e. The van der Waals surface area contributed by atoms with E-state index in [-0.39, 0.29) is 17.7 Å². The molecule has 0 amide bonds. The van der Waals surface area contributed by atoms with Gasteiger partial charge in [0.2, 0.25) is 5.95 Å². The highest BCUT2D eigenvalue weighted by molar-refractivity contribution is 5.95. The van der Waals surface area contributed by atoms with E-state index in [9.17, 15) is 4.39 Å². The van der Waals surface area contributed by atoms with Crippen LogP contribution in [-0.4, -0.2) is 26.7 Å². The third-order valence-corrected chi connectivity index (χ3v) is 5.19. The zero-order valence-electron chi connectivity index (χ0n) is 14.8. The third-order valence-electron chi connectivity index (χ3n) is 5.19. The molecule has 2 aromatic carbocycles. The number of nitrogen functional groups attached to an aromatic ring is 1. The van der Waals surface area contributed by atoms with Crippen molar-refractivity contribution in [2.75, 3.05) is 12.8 Å². The molecule has 1 aliphatic carbocycles. The van der Waals surface area contributed by atoms with Gasteiger partial charge in [-0.15, -0.1) is 5.10 Å². The SMILES string of the molecule is COc1cccc2c1nc(N)n1nc(C3CC3Cc3ccc(F)cc3)nc21. The summed E-state index contributed by atoms with van der Waals surface area (Å²) >= 11 is 0. The average molecular weight is 363 g/mol. The second-order valence-corrected chi connectivity index (χ2v) is 6.96. The molecule has 2 heterocycles. The molecule has 0 saturated heterocycles. The second-order valence-electron chi connectivity index (χ2n) is 6.96. The van der Waals surface area contributed by atoms with Crippen molar-refractivity contribution in [1.82, 2.24) is 19.6 Å². The Hall–Kier alpha value is -3.22. The predicted octanol–water partition coefficient (Wildman–Crippen LogP) is 3.35. The maximum Gasteiger partial charge on any atom is 0.223 e. The molecule has 7 heteroatoms. The van der Waals surface area contributed by atoms with E-state index in [1.54, 1.807) is 11.6 Å². The van der Waals surface area contributed by atoms with Gasteiger partial charge in [-0.1, -0.05) is 18.2 Å². The Labute approximate surface area is 154 Å². The second kappa shape index (κ2) is 5.90. The highest BCUT2D eigenvalue weighted by atomic mass is 19.1. The molecule has 27 heavy (non-hydrogen) atoms. The molecule has 0 aliphatic heterocycles. The topological polar surface area (TPSA) is 78.3 Å². The van der Waals surface area contributed by atoms with Crippen molar-refractivity contribution in [2.24, 2.45) is 5.92 Å². The van der Waals surface area contributed by atoms with Crippen LogP contribution in [0.25, 0.3) is 16.6 Å². The van der Waals surface area contributed by atoms with E-state index in [1.807, 2.05) is 30.3 Å². The fourth-order valence-electron chi connectivity index (χ4n) is 3.68. The molecule has 1 fully saturated rings. The van der Waals surface area contributed by atoms with Crippen LogP contribution in [0.3, 0.4) is 0 Å². The van der Waals surface area contributed by atoms with Gasteiger partial charge in [-0.2, -0.15) is 4.52 Å². The Morgan fingerprint density at radius 2 is 2.00 bits per heavy atom. The minimum absolute atomic E-state index is 0.210. The number of anilines is 1. The Morgan fingerprint density at radius 3 is 2.78 bits per heavy atom. The van der Waals surface area contributed by atoms with Gasteiger partial charge in [0.15, 0.2) is 11.5 Å². The van der Waals surface area contributed by atoms with E-state index in [2.05, 4.69) is 10.1 Å². The Kier molecular flexibility index (Phi) is 3.50. The first-order valence-corrected chi connectivity index (χ1v) is 8.87. The summed E-state index contributed by atoms with van der Waals surface area (Å²) in [6.45, 7) is 0. The van der Waals surface area contributed by atoms with Crippen LogP contribution in [0.2, 0.25) is 0 Å². The van der Waals surface area contributed by atoms with Gasteiger partial charge in [0.25, 0.3) is 0 Å². The molecule has 5 rings (SSSR count). The highest BCUT2D eigenvalue weighted by Gasteiger charge is 2.41. The minimum atomic E-state index is -0.210. The fraction of sp³-hybridized carbons (Fsp3) is 0.250. The Balaban J connectivity index is 1.49. The molecule has 4 aromatic rings. The van der Waals surface area contributed by atoms with E-state index in [1.165, 1.54) is 12.1 Å². The predicted molar refractivity (Wildman–Crippen MR) is 100 cm³/mol. The number of aromatic nitrogens is 4. The molecule has 136 valence electrons. The number of nitrogens with two attached hydrogens (primary N) is 1. The monoisotopic (exact) mass is 363 g/mol. The van der Waals surface area contributed by atoms with Crippen LogP contribution in [0.4, 0.5) is 10.3 Å². The van der Waals surface area contributed by atoms with Crippen LogP contribution < -0.4 is 10.5 Å². The zero-order chi connectivity index (χ0) is 18.5. The average Bonchev–Trinajstić information content (AvgIpc) is 3.28. The maximum absolute atomic E-state index is 13.1. The van der Waals surface area contributed by atoms with Crippen LogP contribution in [0.15, 0.2) is 42.5 Å². The zero-order valence-corrected chi connectivity index (χ0v) is 14.8. The lowest BCUT2D eigenvalue weighted by Crippen LogP contribution is -2.03. The number of fused-ring (bicyclic) bond motifs is 3. The number of halogens is 1. The van der Waals surface area contributed by atoms with Crippen molar-refractivity contribution >= 4 is 22.5 Å². The summed E-state index contributed by atoms with van der Waals surface area (Å²) in [5.74, 6) is 2.27. The van der Waals surface area contributed by atoms with Crippen LogP contribution >= 0.6 is 0 Å². The van der Waals surface area contributed by atoms with E-state index in [0.717, 1.165) is 29.6 Å². The van der Waals surface area contributed by atoms with Gasteiger partial charge in [0.1, 0.15) is 17.1 Å². The van der Waals surface area contributed by atoms with Gasteiger partial charge < -0.3 is 10.5 Å². The van der Waals surface area contributed by atoms with Crippen LogP contribution in [0, 0.1) is 11.7 Å². The van der Waals surface area contributed by atoms with E-state index in [0.29, 0.717) is 22.8 Å². The molecule has 0 spiro atoms. The molecule has 1 aliphatic rings. The number of rotatable bonds is 4. The molecule has 2 atom stereocenters. The molecule has 1 saturated carbocycles. The number of hydrogen-bond acceptors (Lipinski definition) is 5.